The fourth-order valence-corrected chi connectivity index (χ4v) is 1.87. The number of carbonyl (C=O) groups excluding carboxylic acids is 1. The van der Waals surface area contributed by atoms with E-state index in [9.17, 15) is 14.9 Å². The van der Waals surface area contributed by atoms with Crippen LogP contribution in [0.3, 0.4) is 0 Å². The minimum Gasteiger partial charge on any atom is -0.493 e. The summed E-state index contributed by atoms with van der Waals surface area (Å²) < 4.78 is 5.32. The first kappa shape index (κ1) is 16.6. The number of aliphatic hydroxyl groups is 1. The van der Waals surface area contributed by atoms with Gasteiger partial charge in [0.05, 0.1) is 18.1 Å². The zero-order valence-corrected chi connectivity index (χ0v) is 11.8. The number of nitro benzene ring substituents is 1. The van der Waals surface area contributed by atoms with Crippen LogP contribution >= 0.6 is 0 Å². The van der Waals surface area contributed by atoms with Crippen LogP contribution in [0.5, 0.6) is 5.75 Å². The molecule has 7 heteroatoms. The Bertz CT molecular complexity index is 530. The third-order valence-electron chi connectivity index (χ3n) is 2.72. The van der Waals surface area contributed by atoms with Crippen LogP contribution in [0.1, 0.15) is 17.3 Å². The average Bonchev–Trinajstić information content (AvgIpc) is 2.46. The maximum Gasteiger partial charge on any atom is 0.285 e. The lowest BCUT2D eigenvalue weighted by molar-refractivity contribution is -0.385. The van der Waals surface area contributed by atoms with Crippen LogP contribution in [0.4, 0.5) is 5.69 Å². The molecule has 0 saturated carbocycles. The van der Waals surface area contributed by atoms with Crippen LogP contribution in [0.2, 0.25) is 0 Å². The van der Waals surface area contributed by atoms with Gasteiger partial charge in [0, 0.05) is 19.2 Å². The van der Waals surface area contributed by atoms with E-state index in [2.05, 4.69) is 6.58 Å². The Morgan fingerprint density at radius 1 is 1.57 bits per heavy atom. The van der Waals surface area contributed by atoms with Crippen molar-refractivity contribution >= 4 is 11.6 Å². The van der Waals surface area contributed by atoms with Gasteiger partial charge < -0.3 is 14.7 Å². The minimum atomic E-state index is -0.624. The van der Waals surface area contributed by atoms with Crippen LogP contribution in [-0.4, -0.2) is 47.1 Å². The second-order valence-electron chi connectivity index (χ2n) is 4.10. The maximum absolute atomic E-state index is 12.5. The Kier molecular flexibility index (Phi) is 6.35. The first-order valence-electron chi connectivity index (χ1n) is 6.48. The van der Waals surface area contributed by atoms with Gasteiger partial charge in [-0.05, 0) is 13.0 Å². The second-order valence-corrected chi connectivity index (χ2v) is 4.10. The van der Waals surface area contributed by atoms with E-state index >= 15 is 0 Å². The lowest BCUT2D eigenvalue weighted by atomic mass is 10.1. The third-order valence-corrected chi connectivity index (χ3v) is 2.72. The molecule has 0 saturated heterocycles. The molecule has 0 radical (unpaired) electrons. The highest BCUT2D eigenvalue weighted by molar-refractivity contribution is 6.01. The molecule has 1 N–H and O–H groups in total. The molecule has 0 spiro atoms. The highest BCUT2D eigenvalue weighted by atomic mass is 16.6. The molecule has 114 valence electrons. The molecule has 0 heterocycles. The summed E-state index contributed by atoms with van der Waals surface area (Å²) >= 11 is 0. The van der Waals surface area contributed by atoms with Crippen molar-refractivity contribution in [1.82, 2.24) is 4.90 Å². The first-order valence-corrected chi connectivity index (χ1v) is 6.48. The van der Waals surface area contributed by atoms with Crippen molar-refractivity contribution in [2.75, 3.05) is 26.3 Å². The number of amides is 1. The van der Waals surface area contributed by atoms with Crippen molar-refractivity contribution in [3.05, 3.63) is 46.5 Å². The van der Waals surface area contributed by atoms with E-state index in [-0.39, 0.29) is 43.3 Å². The third kappa shape index (κ3) is 4.03. The topological polar surface area (TPSA) is 92.9 Å². The van der Waals surface area contributed by atoms with E-state index in [1.165, 1.54) is 29.2 Å². The quantitative estimate of drug-likeness (QED) is 0.446. The van der Waals surface area contributed by atoms with Crippen molar-refractivity contribution in [2.24, 2.45) is 0 Å². The van der Waals surface area contributed by atoms with E-state index in [1.54, 1.807) is 6.92 Å². The molecule has 7 nitrogen and oxygen atoms in total. The Hall–Kier alpha value is -2.41. The summed E-state index contributed by atoms with van der Waals surface area (Å²) in [6.07, 6.45) is 1.49. The van der Waals surface area contributed by atoms with Gasteiger partial charge in [-0.25, -0.2) is 0 Å². The number of nitro groups is 1. The normalized spacial score (nSPS) is 10.0. The molecule has 0 aromatic heterocycles. The van der Waals surface area contributed by atoms with Crippen molar-refractivity contribution in [1.29, 1.82) is 0 Å². The maximum atomic E-state index is 12.5. The number of benzene rings is 1. The number of carbonyl (C=O) groups is 1. The Balaban J connectivity index is 3.32. The highest BCUT2D eigenvalue weighted by Gasteiger charge is 2.28. The fraction of sp³-hybridized carbons (Fsp3) is 0.357. The molecule has 1 aromatic carbocycles. The second kappa shape index (κ2) is 8.01. The van der Waals surface area contributed by atoms with Gasteiger partial charge in [0.25, 0.3) is 11.6 Å². The molecule has 0 aliphatic rings. The lowest BCUT2D eigenvalue weighted by Crippen LogP contribution is -2.34. The molecule has 1 amide bonds. The lowest BCUT2D eigenvalue weighted by Gasteiger charge is -2.21. The first-order chi connectivity index (χ1) is 10.1. The number of aliphatic hydroxyl groups excluding tert-OH is 1. The summed E-state index contributed by atoms with van der Waals surface area (Å²) in [5.74, 6) is -0.414. The molecule has 1 aromatic rings. The summed E-state index contributed by atoms with van der Waals surface area (Å²) in [6.45, 7) is 5.53. The predicted molar refractivity (Wildman–Crippen MR) is 77.5 cm³/mol. The van der Waals surface area contributed by atoms with Crippen LogP contribution < -0.4 is 4.74 Å². The molecular weight excluding hydrogens is 276 g/mol. The molecule has 1 rings (SSSR count). The van der Waals surface area contributed by atoms with Gasteiger partial charge in [-0.2, -0.15) is 0 Å². The number of hydrogen-bond donors (Lipinski definition) is 1. The van der Waals surface area contributed by atoms with Crippen LogP contribution in [0.25, 0.3) is 0 Å². The minimum absolute atomic E-state index is 0.0580. The molecular formula is C14H18N2O5. The zero-order valence-electron chi connectivity index (χ0n) is 11.8. The SMILES string of the molecule is C=CCN(CCO)C(=O)c1c(OCC)cccc1[N+](=O)[O-]. The molecule has 0 bridgehead atoms. The van der Waals surface area contributed by atoms with E-state index in [4.69, 9.17) is 9.84 Å². The van der Waals surface area contributed by atoms with E-state index in [1.807, 2.05) is 0 Å². The molecule has 0 aliphatic heterocycles. The van der Waals surface area contributed by atoms with Crippen LogP contribution in [0, 0.1) is 10.1 Å². The van der Waals surface area contributed by atoms with Crippen LogP contribution in [-0.2, 0) is 0 Å². The molecule has 21 heavy (non-hydrogen) atoms. The number of ether oxygens (including phenoxy) is 1. The number of hydrogen-bond acceptors (Lipinski definition) is 5. The van der Waals surface area contributed by atoms with E-state index in [0.29, 0.717) is 0 Å². The van der Waals surface area contributed by atoms with Crippen molar-refractivity contribution < 1.29 is 19.6 Å². The Morgan fingerprint density at radius 3 is 2.81 bits per heavy atom. The summed E-state index contributed by atoms with van der Waals surface area (Å²) in [7, 11) is 0. The summed E-state index contributed by atoms with van der Waals surface area (Å²) in [5.41, 5.74) is -0.433. The van der Waals surface area contributed by atoms with Crippen LogP contribution in [0.15, 0.2) is 30.9 Å². The summed E-state index contributed by atoms with van der Waals surface area (Å²) in [4.78, 5) is 24.3. The van der Waals surface area contributed by atoms with Gasteiger partial charge in [-0.1, -0.05) is 12.1 Å². The van der Waals surface area contributed by atoms with Crippen molar-refractivity contribution in [2.45, 2.75) is 6.92 Å². The zero-order chi connectivity index (χ0) is 15.8. The van der Waals surface area contributed by atoms with Gasteiger partial charge in [-0.15, -0.1) is 6.58 Å². The summed E-state index contributed by atoms with van der Waals surface area (Å²) in [5, 5.41) is 20.1. The monoisotopic (exact) mass is 294 g/mol. The van der Waals surface area contributed by atoms with Gasteiger partial charge >= 0.3 is 0 Å². The van der Waals surface area contributed by atoms with E-state index < -0.39 is 10.8 Å². The predicted octanol–water partition coefficient (Wildman–Crippen LogP) is 1.61. The Morgan fingerprint density at radius 2 is 2.29 bits per heavy atom. The molecule has 0 unspecified atom stereocenters. The molecule has 0 fully saturated rings. The van der Waals surface area contributed by atoms with Crippen molar-refractivity contribution in [3.8, 4) is 5.75 Å². The number of nitrogens with zero attached hydrogens (tertiary/aromatic N) is 2. The molecule has 0 atom stereocenters. The highest BCUT2D eigenvalue weighted by Crippen LogP contribution is 2.29. The van der Waals surface area contributed by atoms with Gasteiger partial charge in [0.1, 0.15) is 5.75 Å². The standard InChI is InChI=1S/C14H18N2O5/c1-3-8-15(9-10-17)14(18)13-11(16(19)20)6-5-7-12(13)21-4-2/h3,5-7,17H,1,4,8-10H2,2H3. The van der Waals surface area contributed by atoms with Gasteiger partial charge in [0.15, 0.2) is 5.56 Å². The fourth-order valence-electron chi connectivity index (χ4n) is 1.87. The largest absolute Gasteiger partial charge is 0.493 e. The van der Waals surface area contributed by atoms with Gasteiger partial charge in [-0.3, -0.25) is 14.9 Å². The van der Waals surface area contributed by atoms with Crippen molar-refractivity contribution in [3.63, 3.8) is 0 Å². The number of rotatable bonds is 8. The smallest absolute Gasteiger partial charge is 0.285 e. The average molecular weight is 294 g/mol. The summed E-state index contributed by atoms with van der Waals surface area (Å²) in [6, 6.07) is 4.22. The molecule has 0 aliphatic carbocycles. The van der Waals surface area contributed by atoms with E-state index in [0.717, 1.165) is 0 Å². The van der Waals surface area contributed by atoms with Gasteiger partial charge in [0.2, 0.25) is 0 Å². The Labute approximate surface area is 122 Å².